The highest BCUT2D eigenvalue weighted by molar-refractivity contribution is 5.86. The highest BCUT2D eigenvalue weighted by Gasteiger charge is 2.40. The van der Waals surface area contributed by atoms with E-state index in [4.69, 9.17) is 5.73 Å². The second-order valence-corrected chi connectivity index (χ2v) is 6.14. The van der Waals surface area contributed by atoms with Gasteiger partial charge in [-0.05, 0) is 44.4 Å². The number of rotatable bonds is 3. The van der Waals surface area contributed by atoms with Crippen molar-refractivity contribution < 1.29 is 9.59 Å². The number of halogens is 1. The molecule has 0 aliphatic heterocycles. The molecule has 2 aliphatic rings. The third-order valence-electron chi connectivity index (χ3n) is 4.50. The van der Waals surface area contributed by atoms with Gasteiger partial charge in [0.1, 0.15) is 6.04 Å². The Balaban J connectivity index is 0.00000200. The molecule has 0 aromatic heterocycles. The van der Waals surface area contributed by atoms with Gasteiger partial charge >= 0.3 is 0 Å². The summed E-state index contributed by atoms with van der Waals surface area (Å²) < 4.78 is 0. The molecule has 4 N–H and O–H groups in total. The number of nitrogens with one attached hydrogen (secondary N) is 2. The number of carbonyl (C=O) groups excluding carboxylic acids is 2. The Bertz CT molecular complexity index is 350. The molecule has 5 nitrogen and oxygen atoms in total. The van der Waals surface area contributed by atoms with E-state index in [0.717, 1.165) is 25.7 Å². The predicted octanol–water partition coefficient (Wildman–Crippen LogP) is 0.955. The Labute approximate surface area is 126 Å². The highest BCUT2D eigenvalue weighted by Crippen LogP contribution is 2.39. The maximum absolute atomic E-state index is 12.1. The van der Waals surface area contributed by atoms with E-state index >= 15 is 0 Å². The van der Waals surface area contributed by atoms with Gasteiger partial charge in [-0.3, -0.25) is 9.59 Å². The van der Waals surface area contributed by atoms with Crippen LogP contribution >= 0.6 is 12.4 Å². The lowest BCUT2D eigenvalue weighted by atomic mass is 9.67. The second kappa shape index (κ2) is 7.27. The molecule has 20 heavy (non-hydrogen) atoms. The van der Waals surface area contributed by atoms with Gasteiger partial charge in [-0.25, -0.2) is 0 Å². The Morgan fingerprint density at radius 2 is 1.75 bits per heavy atom. The van der Waals surface area contributed by atoms with Gasteiger partial charge in [0.25, 0.3) is 0 Å². The molecule has 3 atom stereocenters. The normalized spacial score (nSPS) is 33.5. The fourth-order valence-corrected chi connectivity index (χ4v) is 3.68. The minimum atomic E-state index is -0.464. The molecule has 2 bridgehead atoms. The van der Waals surface area contributed by atoms with Crippen molar-refractivity contribution in [2.45, 2.75) is 64.1 Å². The molecular formula is C14H26ClN3O2. The molecule has 0 spiro atoms. The maximum Gasteiger partial charge on any atom is 0.242 e. The first-order valence-corrected chi connectivity index (χ1v) is 7.30. The standard InChI is InChI=1S/C14H25N3O2.ClH/c1-8(16-9(2)18)14(19)17-13-10-4-3-5-11(13)7-12(15)6-10;/h8,10-13H,3-7,15H2,1-2H3,(H,16,18)(H,17,19);1H. The molecule has 0 aromatic rings. The maximum atomic E-state index is 12.1. The lowest BCUT2D eigenvalue weighted by molar-refractivity contribution is -0.129. The van der Waals surface area contributed by atoms with Crippen LogP contribution in [-0.4, -0.2) is 29.9 Å². The minimum Gasteiger partial charge on any atom is -0.351 e. The van der Waals surface area contributed by atoms with Gasteiger partial charge in [0.2, 0.25) is 11.8 Å². The number of carbonyl (C=O) groups is 2. The van der Waals surface area contributed by atoms with Crippen LogP contribution in [0.25, 0.3) is 0 Å². The summed E-state index contributed by atoms with van der Waals surface area (Å²) in [4.78, 5) is 23.1. The van der Waals surface area contributed by atoms with Crippen LogP contribution in [0.1, 0.15) is 46.0 Å². The van der Waals surface area contributed by atoms with E-state index in [1.807, 2.05) is 0 Å². The number of hydrogen-bond donors (Lipinski definition) is 3. The molecule has 2 aliphatic carbocycles. The summed E-state index contributed by atoms with van der Waals surface area (Å²) >= 11 is 0. The molecule has 6 heteroatoms. The Kier molecular flexibility index (Phi) is 6.27. The van der Waals surface area contributed by atoms with Crippen molar-refractivity contribution in [3.8, 4) is 0 Å². The van der Waals surface area contributed by atoms with Gasteiger partial charge in [0.15, 0.2) is 0 Å². The molecular weight excluding hydrogens is 278 g/mol. The first-order chi connectivity index (χ1) is 8.97. The van der Waals surface area contributed by atoms with Gasteiger partial charge in [-0.15, -0.1) is 12.4 Å². The van der Waals surface area contributed by atoms with Crippen molar-refractivity contribution in [2.24, 2.45) is 17.6 Å². The van der Waals surface area contributed by atoms with E-state index in [9.17, 15) is 9.59 Å². The van der Waals surface area contributed by atoms with Gasteiger partial charge in [0, 0.05) is 19.0 Å². The topological polar surface area (TPSA) is 84.2 Å². The molecule has 2 rings (SSSR count). The fraction of sp³-hybridized carbons (Fsp3) is 0.857. The van der Waals surface area contributed by atoms with Crippen molar-refractivity contribution in [3.05, 3.63) is 0 Å². The lowest BCUT2D eigenvalue weighted by Crippen LogP contribution is -2.57. The second-order valence-electron chi connectivity index (χ2n) is 6.14. The van der Waals surface area contributed by atoms with Crippen LogP contribution in [0.4, 0.5) is 0 Å². The smallest absolute Gasteiger partial charge is 0.242 e. The first kappa shape index (κ1) is 17.2. The molecule has 2 amide bonds. The summed E-state index contributed by atoms with van der Waals surface area (Å²) in [7, 11) is 0. The predicted molar refractivity (Wildman–Crippen MR) is 80.5 cm³/mol. The molecule has 116 valence electrons. The van der Waals surface area contributed by atoms with Gasteiger partial charge in [-0.1, -0.05) is 6.42 Å². The number of fused-ring (bicyclic) bond motifs is 2. The van der Waals surface area contributed by atoms with Gasteiger partial charge in [0.05, 0.1) is 0 Å². The summed E-state index contributed by atoms with van der Waals surface area (Å²) in [5.41, 5.74) is 6.07. The molecule has 0 aromatic carbocycles. The molecule has 2 saturated carbocycles. The average molecular weight is 304 g/mol. The van der Waals surface area contributed by atoms with Crippen LogP contribution in [0.5, 0.6) is 0 Å². The summed E-state index contributed by atoms with van der Waals surface area (Å²) in [6, 6.07) is 0.0716. The Hall–Kier alpha value is -0.810. The van der Waals surface area contributed by atoms with E-state index in [0.29, 0.717) is 11.8 Å². The van der Waals surface area contributed by atoms with Crippen LogP contribution in [-0.2, 0) is 9.59 Å². The van der Waals surface area contributed by atoms with Crippen LogP contribution in [0.3, 0.4) is 0 Å². The third-order valence-corrected chi connectivity index (χ3v) is 4.50. The molecule has 3 unspecified atom stereocenters. The minimum absolute atomic E-state index is 0. The average Bonchev–Trinajstić information content (AvgIpc) is 2.29. The fourth-order valence-electron chi connectivity index (χ4n) is 3.68. The van der Waals surface area contributed by atoms with E-state index in [-0.39, 0.29) is 36.3 Å². The lowest BCUT2D eigenvalue weighted by Gasteiger charge is -2.45. The monoisotopic (exact) mass is 303 g/mol. The van der Waals surface area contributed by atoms with E-state index in [1.54, 1.807) is 6.92 Å². The van der Waals surface area contributed by atoms with Gasteiger partial charge < -0.3 is 16.4 Å². The Morgan fingerprint density at radius 3 is 2.25 bits per heavy atom. The zero-order valence-corrected chi connectivity index (χ0v) is 13.0. The van der Waals surface area contributed by atoms with Crippen molar-refractivity contribution in [1.29, 1.82) is 0 Å². The quantitative estimate of drug-likeness (QED) is 0.726. The largest absolute Gasteiger partial charge is 0.351 e. The molecule has 0 saturated heterocycles. The first-order valence-electron chi connectivity index (χ1n) is 7.30. The SMILES string of the molecule is CC(=O)NC(C)C(=O)NC1C2CCCC1CC(N)C2.Cl. The Morgan fingerprint density at radius 1 is 1.20 bits per heavy atom. The van der Waals surface area contributed by atoms with E-state index in [1.165, 1.54) is 13.3 Å². The van der Waals surface area contributed by atoms with Crippen molar-refractivity contribution in [2.75, 3.05) is 0 Å². The molecule has 0 heterocycles. The van der Waals surface area contributed by atoms with E-state index in [2.05, 4.69) is 10.6 Å². The van der Waals surface area contributed by atoms with Crippen LogP contribution in [0.15, 0.2) is 0 Å². The van der Waals surface area contributed by atoms with Crippen molar-refractivity contribution in [1.82, 2.24) is 10.6 Å². The summed E-state index contributed by atoms with van der Waals surface area (Å²) in [5, 5.41) is 5.77. The summed E-state index contributed by atoms with van der Waals surface area (Å²) in [6.45, 7) is 3.15. The summed E-state index contributed by atoms with van der Waals surface area (Å²) in [6.07, 6.45) is 5.58. The number of hydrogen-bond acceptors (Lipinski definition) is 3. The number of nitrogens with two attached hydrogens (primary N) is 1. The number of amides is 2. The van der Waals surface area contributed by atoms with E-state index < -0.39 is 6.04 Å². The van der Waals surface area contributed by atoms with Crippen molar-refractivity contribution >= 4 is 24.2 Å². The zero-order valence-electron chi connectivity index (χ0n) is 12.2. The highest BCUT2D eigenvalue weighted by atomic mass is 35.5. The van der Waals surface area contributed by atoms with Crippen LogP contribution < -0.4 is 16.4 Å². The van der Waals surface area contributed by atoms with Crippen molar-refractivity contribution in [3.63, 3.8) is 0 Å². The summed E-state index contributed by atoms with van der Waals surface area (Å²) in [5.74, 6) is 0.771. The third kappa shape index (κ3) is 4.09. The molecule has 0 radical (unpaired) electrons. The zero-order chi connectivity index (χ0) is 14.0. The van der Waals surface area contributed by atoms with Crippen LogP contribution in [0.2, 0.25) is 0 Å². The molecule has 2 fully saturated rings. The van der Waals surface area contributed by atoms with Crippen LogP contribution in [0, 0.1) is 11.8 Å². The van der Waals surface area contributed by atoms with Gasteiger partial charge in [-0.2, -0.15) is 0 Å².